The lowest BCUT2D eigenvalue weighted by Gasteiger charge is -2.28. The van der Waals surface area contributed by atoms with Crippen molar-refractivity contribution in [3.05, 3.63) is 81.4 Å². The third kappa shape index (κ3) is 3.93. The molecular weight excluding hydrogens is 417 g/mol. The SMILES string of the molecule is O=C(O)c1ccnc(OCC2c3ccccc3CN2c2cn[nH]c(=O)c2C(F)(F)F)c1. The van der Waals surface area contributed by atoms with Gasteiger partial charge in [-0.3, -0.25) is 4.79 Å². The van der Waals surface area contributed by atoms with Crippen molar-refractivity contribution in [2.75, 3.05) is 11.5 Å². The first-order chi connectivity index (χ1) is 14.8. The summed E-state index contributed by atoms with van der Waals surface area (Å²) in [6.07, 6.45) is -2.66. The Balaban J connectivity index is 1.71. The normalized spacial score (nSPS) is 15.6. The zero-order valence-electron chi connectivity index (χ0n) is 15.8. The van der Waals surface area contributed by atoms with Gasteiger partial charge in [0, 0.05) is 18.8 Å². The van der Waals surface area contributed by atoms with Crippen LogP contribution >= 0.6 is 0 Å². The number of halogens is 3. The van der Waals surface area contributed by atoms with Crippen molar-refractivity contribution in [3.8, 4) is 5.88 Å². The number of carboxylic acids is 1. The minimum atomic E-state index is -4.89. The van der Waals surface area contributed by atoms with Crippen LogP contribution in [-0.4, -0.2) is 32.9 Å². The Morgan fingerprint density at radius 1 is 1.29 bits per heavy atom. The molecule has 0 saturated heterocycles. The summed E-state index contributed by atoms with van der Waals surface area (Å²) in [5, 5.41) is 14.5. The first-order valence-electron chi connectivity index (χ1n) is 9.07. The Kier molecular flexibility index (Phi) is 5.09. The predicted molar refractivity (Wildman–Crippen MR) is 102 cm³/mol. The monoisotopic (exact) mass is 432 g/mol. The number of aromatic nitrogens is 3. The van der Waals surface area contributed by atoms with Crippen molar-refractivity contribution in [2.24, 2.45) is 0 Å². The first-order valence-corrected chi connectivity index (χ1v) is 9.07. The largest absolute Gasteiger partial charge is 0.478 e. The van der Waals surface area contributed by atoms with Crippen molar-refractivity contribution in [2.45, 2.75) is 18.8 Å². The zero-order chi connectivity index (χ0) is 22.2. The number of aromatic amines is 1. The van der Waals surface area contributed by atoms with Gasteiger partial charge in [0.1, 0.15) is 12.2 Å². The Morgan fingerprint density at radius 3 is 2.81 bits per heavy atom. The van der Waals surface area contributed by atoms with Gasteiger partial charge in [-0.15, -0.1) is 0 Å². The Bertz CT molecular complexity index is 1200. The lowest BCUT2D eigenvalue weighted by molar-refractivity contribution is -0.138. The number of benzene rings is 1. The van der Waals surface area contributed by atoms with Crippen LogP contribution in [0.15, 0.2) is 53.6 Å². The number of nitrogens with one attached hydrogen (secondary N) is 1. The Labute approximate surface area is 172 Å². The van der Waals surface area contributed by atoms with Crippen molar-refractivity contribution in [1.82, 2.24) is 15.2 Å². The number of pyridine rings is 1. The van der Waals surface area contributed by atoms with Crippen LogP contribution < -0.4 is 15.2 Å². The minimum absolute atomic E-state index is 0.0179. The molecule has 4 rings (SSSR count). The van der Waals surface area contributed by atoms with Crippen LogP contribution in [-0.2, 0) is 12.7 Å². The van der Waals surface area contributed by atoms with E-state index in [0.717, 1.165) is 17.3 Å². The molecule has 1 atom stereocenters. The number of carbonyl (C=O) groups is 1. The van der Waals surface area contributed by atoms with Gasteiger partial charge in [-0.25, -0.2) is 14.9 Å². The number of fused-ring (bicyclic) bond motifs is 1. The van der Waals surface area contributed by atoms with E-state index in [1.54, 1.807) is 24.3 Å². The van der Waals surface area contributed by atoms with Gasteiger partial charge in [0.05, 0.1) is 23.5 Å². The van der Waals surface area contributed by atoms with E-state index in [1.165, 1.54) is 23.2 Å². The lowest BCUT2D eigenvalue weighted by Crippen LogP contribution is -2.32. The standard InChI is InChI=1S/C20H15F3N4O4/c21-20(22,23)17-14(8-25-26-18(17)28)27-9-12-3-1-2-4-13(12)15(27)10-31-16-7-11(19(29)30)5-6-24-16/h1-8,15H,9-10H2,(H,26,28)(H,29,30). The van der Waals surface area contributed by atoms with E-state index in [2.05, 4.69) is 10.1 Å². The maximum atomic E-state index is 13.6. The molecular formula is C20H15F3N4O4. The molecule has 1 aliphatic rings. The highest BCUT2D eigenvalue weighted by atomic mass is 19.4. The molecule has 1 unspecified atom stereocenters. The highest BCUT2D eigenvalue weighted by Gasteiger charge is 2.42. The van der Waals surface area contributed by atoms with Crippen molar-refractivity contribution in [3.63, 3.8) is 0 Å². The molecule has 11 heteroatoms. The van der Waals surface area contributed by atoms with E-state index < -0.39 is 29.3 Å². The molecule has 0 radical (unpaired) electrons. The molecule has 0 amide bonds. The van der Waals surface area contributed by atoms with Crippen LogP contribution in [0.5, 0.6) is 5.88 Å². The fraction of sp³-hybridized carbons (Fsp3) is 0.200. The van der Waals surface area contributed by atoms with Crippen molar-refractivity contribution < 1.29 is 27.8 Å². The van der Waals surface area contributed by atoms with Crippen molar-refractivity contribution in [1.29, 1.82) is 0 Å². The summed E-state index contributed by atoms with van der Waals surface area (Å²) >= 11 is 0. The van der Waals surface area contributed by atoms with Gasteiger partial charge in [-0.1, -0.05) is 24.3 Å². The average molecular weight is 432 g/mol. The number of aromatic carboxylic acids is 1. The number of alkyl halides is 3. The van der Waals surface area contributed by atoms with Crippen LogP contribution in [0.1, 0.15) is 33.1 Å². The van der Waals surface area contributed by atoms with Crippen LogP contribution in [0.2, 0.25) is 0 Å². The number of hydrogen-bond acceptors (Lipinski definition) is 6. The summed E-state index contributed by atoms with van der Waals surface area (Å²) in [6.45, 7) is -0.0157. The molecule has 2 N–H and O–H groups in total. The second-order valence-corrected chi connectivity index (χ2v) is 6.80. The molecule has 0 aliphatic carbocycles. The molecule has 0 spiro atoms. The molecule has 3 aromatic rings. The molecule has 1 aliphatic heterocycles. The highest BCUT2D eigenvalue weighted by molar-refractivity contribution is 5.87. The maximum Gasteiger partial charge on any atom is 0.423 e. The second-order valence-electron chi connectivity index (χ2n) is 6.80. The summed E-state index contributed by atoms with van der Waals surface area (Å²) in [4.78, 5) is 28.4. The van der Waals surface area contributed by atoms with Gasteiger partial charge in [-0.05, 0) is 17.2 Å². The zero-order valence-corrected chi connectivity index (χ0v) is 15.8. The van der Waals surface area contributed by atoms with Gasteiger partial charge >= 0.3 is 12.1 Å². The van der Waals surface area contributed by atoms with E-state index in [4.69, 9.17) is 9.84 Å². The quantitative estimate of drug-likeness (QED) is 0.638. The molecule has 0 bridgehead atoms. The van der Waals surface area contributed by atoms with E-state index in [1.807, 2.05) is 5.10 Å². The van der Waals surface area contributed by atoms with E-state index >= 15 is 0 Å². The number of ether oxygens (including phenoxy) is 1. The van der Waals surface area contributed by atoms with Crippen molar-refractivity contribution >= 4 is 11.7 Å². The molecule has 8 nitrogen and oxygen atoms in total. The Morgan fingerprint density at radius 2 is 2.06 bits per heavy atom. The number of H-pyrrole nitrogens is 1. The fourth-order valence-corrected chi connectivity index (χ4v) is 3.56. The summed E-state index contributed by atoms with van der Waals surface area (Å²) in [5.41, 5.74) is -1.58. The lowest BCUT2D eigenvalue weighted by atomic mass is 10.1. The summed E-state index contributed by atoms with van der Waals surface area (Å²) in [6, 6.07) is 8.89. The predicted octanol–water partition coefficient (Wildman–Crippen LogP) is 3.02. The molecule has 0 fully saturated rings. The molecule has 0 saturated carbocycles. The molecule has 1 aromatic carbocycles. The first kappa shape index (κ1) is 20.4. The number of rotatable bonds is 5. The van der Waals surface area contributed by atoms with Crippen LogP contribution in [0.25, 0.3) is 0 Å². The smallest absolute Gasteiger partial charge is 0.423 e. The fourth-order valence-electron chi connectivity index (χ4n) is 3.56. The maximum absolute atomic E-state index is 13.6. The van der Waals surface area contributed by atoms with Gasteiger partial charge in [0.15, 0.2) is 0 Å². The number of carboxylic acid groups (broad SMARTS) is 1. The van der Waals surface area contributed by atoms with Crippen LogP contribution in [0.4, 0.5) is 18.9 Å². The van der Waals surface area contributed by atoms with Crippen LogP contribution in [0, 0.1) is 0 Å². The third-order valence-electron chi connectivity index (χ3n) is 4.93. The molecule has 2 aromatic heterocycles. The summed E-state index contributed by atoms with van der Waals surface area (Å²) in [7, 11) is 0. The number of anilines is 1. The minimum Gasteiger partial charge on any atom is -0.478 e. The van der Waals surface area contributed by atoms with E-state index in [0.29, 0.717) is 0 Å². The van der Waals surface area contributed by atoms with E-state index in [9.17, 15) is 22.8 Å². The van der Waals surface area contributed by atoms with Gasteiger partial charge in [0.2, 0.25) is 5.88 Å². The number of hydrogen-bond donors (Lipinski definition) is 2. The Hall–Kier alpha value is -3.89. The summed E-state index contributed by atoms with van der Waals surface area (Å²) in [5.74, 6) is -1.14. The molecule has 3 heterocycles. The highest BCUT2D eigenvalue weighted by Crippen LogP contribution is 2.42. The summed E-state index contributed by atoms with van der Waals surface area (Å²) < 4.78 is 46.5. The molecule has 160 valence electrons. The topological polar surface area (TPSA) is 108 Å². The van der Waals surface area contributed by atoms with Crippen LogP contribution in [0.3, 0.4) is 0 Å². The van der Waals surface area contributed by atoms with Gasteiger partial charge in [-0.2, -0.15) is 18.3 Å². The third-order valence-corrected chi connectivity index (χ3v) is 4.93. The number of nitrogens with zero attached hydrogens (tertiary/aromatic N) is 3. The second kappa shape index (κ2) is 7.74. The molecule has 31 heavy (non-hydrogen) atoms. The average Bonchev–Trinajstić information content (AvgIpc) is 3.10. The van der Waals surface area contributed by atoms with Gasteiger partial charge in [0.25, 0.3) is 5.56 Å². The van der Waals surface area contributed by atoms with Gasteiger partial charge < -0.3 is 14.7 Å². The van der Waals surface area contributed by atoms with E-state index in [-0.39, 0.29) is 30.3 Å².